The van der Waals surface area contributed by atoms with Gasteiger partial charge in [-0.15, -0.1) is 0 Å². The molecule has 1 fully saturated rings. The molecule has 1 aliphatic rings. The second-order valence-corrected chi connectivity index (χ2v) is 11.1. The van der Waals surface area contributed by atoms with E-state index in [9.17, 15) is 5.11 Å². The molecule has 1 N–H and O–H groups in total. The molecular formula is C12H26O3Si. The summed E-state index contributed by atoms with van der Waals surface area (Å²) in [6.45, 7) is 13.2. The van der Waals surface area contributed by atoms with E-state index >= 15 is 0 Å². The molecule has 0 amide bonds. The van der Waals surface area contributed by atoms with Crippen LogP contribution in [0.15, 0.2) is 0 Å². The maximum Gasteiger partial charge on any atom is 0.192 e. The van der Waals surface area contributed by atoms with Crippen molar-refractivity contribution in [2.24, 2.45) is 0 Å². The normalized spacial score (nSPS) is 32.8. The zero-order valence-electron chi connectivity index (χ0n) is 11.4. The van der Waals surface area contributed by atoms with Gasteiger partial charge in [0.05, 0.1) is 12.2 Å². The van der Waals surface area contributed by atoms with E-state index in [0.29, 0.717) is 6.42 Å². The minimum absolute atomic E-state index is 0.0959. The summed E-state index contributed by atoms with van der Waals surface area (Å²) < 4.78 is 11.6. The number of aliphatic hydroxyl groups excluding tert-OH is 1. The van der Waals surface area contributed by atoms with Crippen molar-refractivity contribution in [3.63, 3.8) is 0 Å². The van der Waals surface area contributed by atoms with Gasteiger partial charge in [0.15, 0.2) is 14.6 Å². The highest BCUT2D eigenvalue weighted by atomic mass is 28.4. The average Bonchev–Trinajstić information content (AvgIpc) is 1.97. The van der Waals surface area contributed by atoms with Crippen LogP contribution in [-0.4, -0.2) is 31.9 Å². The van der Waals surface area contributed by atoms with E-state index in [2.05, 4.69) is 33.9 Å². The molecular weight excluding hydrogens is 220 g/mol. The van der Waals surface area contributed by atoms with Gasteiger partial charge in [-0.25, -0.2) is 0 Å². The van der Waals surface area contributed by atoms with E-state index in [1.165, 1.54) is 0 Å². The molecule has 0 spiro atoms. The van der Waals surface area contributed by atoms with E-state index in [1.807, 2.05) is 6.92 Å². The zero-order chi connectivity index (χ0) is 12.6. The van der Waals surface area contributed by atoms with Crippen LogP contribution < -0.4 is 0 Å². The summed E-state index contributed by atoms with van der Waals surface area (Å²) in [6, 6.07) is 0. The summed E-state index contributed by atoms with van der Waals surface area (Å²) in [5.41, 5.74) is 0. The van der Waals surface area contributed by atoms with Gasteiger partial charge in [0.2, 0.25) is 0 Å². The van der Waals surface area contributed by atoms with Gasteiger partial charge in [0, 0.05) is 6.42 Å². The van der Waals surface area contributed by atoms with Gasteiger partial charge in [-0.3, -0.25) is 0 Å². The maximum atomic E-state index is 9.56. The predicted octanol–water partition coefficient (Wildman–Crippen LogP) is 2.89. The highest BCUT2D eigenvalue weighted by molar-refractivity contribution is 6.74. The molecule has 96 valence electrons. The van der Waals surface area contributed by atoms with Crippen molar-refractivity contribution < 1.29 is 14.3 Å². The molecule has 1 unspecified atom stereocenters. The molecule has 0 aromatic carbocycles. The fourth-order valence-corrected chi connectivity index (χ4v) is 3.14. The minimum atomic E-state index is -1.72. The van der Waals surface area contributed by atoms with Crippen molar-refractivity contribution in [2.75, 3.05) is 0 Å². The van der Waals surface area contributed by atoms with Crippen LogP contribution in [-0.2, 0) is 9.16 Å². The molecule has 3 nitrogen and oxygen atoms in total. The highest BCUT2D eigenvalue weighted by Gasteiger charge is 2.40. The van der Waals surface area contributed by atoms with Crippen LogP contribution in [0.4, 0.5) is 0 Å². The van der Waals surface area contributed by atoms with Crippen molar-refractivity contribution in [1.29, 1.82) is 0 Å². The second-order valence-electron chi connectivity index (χ2n) is 6.37. The largest absolute Gasteiger partial charge is 0.414 e. The lowest BCUT2D eigenvalue weighted by atomic mass is 10.1. The topological polar surface area (TPSA) is 38.7 Å². The van der Waals surface area contributed by atoms with E-state index < -0.39 is 14.6 Å². The Labute approximate surface area is 100 Å². The first kappa shape index (κ1) is 14.2. The lowest BCUT2D eigenvalue weighted by Crippen LogP contribution is -2.47. The van der Waals surface area contributed by atoms with Gasteiger partial charge < -0.3 is 14.3 Å². The summed E-state index contributed by atoms with van der Waals surface area (Å²) in [7, 11) is -1.72. The van der Waals surface area contributed by atoms with Crippen LogP contribution in [0.5, 0.6) is 0 Å². The average molecular weight is 246 g/mol. The van der Waals surface area contributed by atoms with Gasteiger partial charge in [-0.05, 0) is 31.5 Å². The van der Waals surface area contributed by atoms with Crippen molar-refractivity contribution in [2.45, 2.75) is 77.2 Å². The SMILES string of the molecule is C[C@H]1C[C@@H](O[Si](C)(C)C(C)(C)C)CC(O)O1. The number of aliphatic hydroxyl groups is 1. The van der Waals surface area contributed by atoms with Crippen LogP contribution in [0.25, 0.3) is 0 Å². The molecule has 0 aliphatic carbocycles. The van der Waals surface area contributed by atoms with E-state index in [0.717, 1.165) is 6.42 Å². The zero-order valence-corrected chi connectivity index (χ0v) is 12.4. The molecule has 16 heavy (non-hydrogen) atoms. The Hall–Kier alpha value is 0.0969. The molecule has 0 saturated carbocycles. The Balaban J connectivity index is 2.60. The van der Waals surface area contributed by atoms with Crippen molar-refractivity contribution in [1.82, 2.24) is 0 Å². The Morgan fingerprint density at radius 1 is 1.25 bits per heavy atom. The lowest BCUT2D eigenvalue weighted by Gasteiger charge is -2.42. The van der Waals surface area contributed by atoms with E-state index in [1.54, 1.807) is 0 Å². The van der Waals surface area contributed by atoms with Crippen LogP contribution >= 0.6 is 0 Å². The molecule has 4 heteroatoms. The van der Waals surface area contributed by atoms with Crippen molar-refractivity contribution >= 4 is 8.32 Å². The Morgan fingerprint density at radius 3 is 2.25 bits per heavy atom. The van der Waals surface area contributed by atoms with Gasteiger partial charge in [0.1, 0.15) is 0 Å². The van der Waals surface area contributed by atoms with Crippen LogP contribution in [0.2, 0.25) is 18.1 Å². The minimum Gasteiger partial charge on any atom is -0.414 e. The number of hydrogen-bond donors (Lipinski definition) is 1. The van der Waals surface area contributed by atoms with Gasteiger partial charge in [0.25, 0.3) is 0 Å². The Morgan fingerprint density at radius 2 is 1.81 bits per heavy atom. The number of rotatable bonds is 2. The molecule has 3 atom stereocenters. The molecule has 1 rings (SSSR count). The molecule has 1 saturated heterocycles. The van der Waals surface area contributed by atoms with Crippen molar-refractivity contribution in [3.8, 4) is 0 Å². The summed E-state index contributed by atoms with van der Waals surface area (Å²) in [4.78, 5) is 0. The summed E-state index contributed by atoms with van der Waals surface area (Å²) in [5, 5.41) is 9.78. The molecule has 0 radical (unpaired) electrons. The highest BCUT2D eigenvalue weighted by Crippen LogP contribution is 2.38. The van der Waals surface area contributed by atoms with Crippen LogP contribution in [0.1, 0.15) is 40.5 Å². The first-order valence-corrected chi connectivity index (χ1v) is 9.04. The predicted molar refractivity (Wildman–Crippen MR) is 67.9 cm³/mol. The van der Waals surface area contributed by atoms with Gasteiger partial charge in [-0.1, -0.05) is 20.8 Å². The monoisotopic (exact) mass is 246 g/mol. The molecule has 1 aliphatic heterocycles. The third-order valence-corrected chi connectivity index (χ3v) is 8.25. The Kier molecular flexibility index (Phi) is 4.22. The summed E-state index contributed by atoms with van der Waals surface area (Å²) in [6.07, 6.45) is 1.09. The number of ether oxygens (including phenoxy) is 1. The van der Waals surface area contributed by atoms with Crippen molar-refractivity contribution in [3.05, 3.63) is 0 Å². The van der Waals surface area contributed by atoms with Crippen LogP contribution in [0, 0.1) is 0 Å². The molecule has 0 aromatic heterocycles. The molecule has 1 heterocycles. The van der Waals surface area contributed by atoms with Crippen LogP contribution in [0.3, 0.4) is 0 Å². The Bertz CT molecular complexity index is 225. The first-order chi connectivity index (χ1) is 7.12. The smallest absolute Gasteiger partial charge is 0.192 e. The van der Waals surface area contributed by atoms with Gasteiger partial charge in [-0.2, -0.15) is 0 Å². The third kappa shape index (κ3) is 3.55. The standard InChI is InChI=1S/C12H26O3Si/c1-9-7-10(8-11(13)14-9)15-16(5,6)12(2,3)4/h9-11,13H,7-8H2,1-6H3/t9-,10+,11?/m0/s1. The molecule has 0 aromatic rings. The van der Waals surface area contributed by atoms with E-state index in [4.69, 9.17) is 9.16 Å². The summed E-state index contributed by atoms with van der Waals surface area (Å²) in [5.74, 6) is 0. The quantitative estimate of drug-likeness (QED) is 0.761. The third-order valence-electron chi connectivity index (χ3n) is 3.72. The fourth-order valence-electron chi connectivity index (χ4n) is 1.76. The second kappa shape index (κ2) is 4.76. The molecule has 0 bridgehead atoms. The lowest BCUT2D eigenvalue weighted by molar-refractivity contribution is -0.181. The number of hydrogen-bond acceptors (Lipinski definition) is 3. The first-order valence-electron chi connectivity index (χ1n) is 6.13. The van der Waals surface area contributed by atoms with Gasteiger partial charge >= 0.3 is 0 Å². The fraction of sp³-hybridized carbons (Fsp3) is 1.00. The summed E-state index contributed by atoms with van der Waals surface area (Å²) >= 11 is 0. The maximum absolute atomic E-state index is 9.56. The van der Waals surface area contributed by atoms with E-state index in [-0.39, 0.29) is 17.2 Å².